The summed E-state index contributed by atoms with van der Waals surface area (Å²) in [4.78, 5) is 19.9. The van der Waals surface area contributed by atoms with Crippen LogP contribution >= 0.6 is 23.2 Å². The molecular weight excluding hydrogens is 327 g/mol. The maximum absolute atomic E-state index is 11.8. The minimum Gasteiger partial charge on any atom is -0.383 e. The van der Waals surface area contributed by atoms with Gasteiger partial charge >= 0.3 is 0 Å². The number of aromatic nitrogens is 2. The number of carbonyl (C=O) groups is 1. The standard InChI is InChI=1S/C14H14Cl2N4O2/c1-22-3-2-17-13(21)9-7-18-14(19-8-9)20-12-5-10(15)4-11(16)6-12/h4-8H,2-3H2,1H3,(H,17,21)(H,18,19,20). The van der Waals surface area contributed by atoms with E-state index in [9.17, 15) is 4.79 Å². The lowest BCUT2D eigenvalue weighted by Crippen LogP contribution is -2.27. The minimum absolute atomic E-state index is 0.255. The fourth-order valence-corrected chi connectivity index (χ4v) is 2.16. The van der Waals surface area contributed by atoms with Gasteiger partial charge in [0.05, 0.1) is 12.2 Å². The number of hydrogen-bond donors (Lipinski definition) is 2. The third kappa shape index (κ3) is 4.84. The predicted molar refractivity (Wildman–Crippen MR) is 86.0 cm³/mol. The van der Waals surface area contributed by atoms with Crippen molar-refractivity contribution < 1.29 is 9.53 Å². The summed E-state index contributed by atoms with van der Waals surface area (Å²) < 4.78 is 4.86. The first kappa shape index (κ1) is 16.5. The van der Waals surface area contributed by atoms with Crippen LogP contribution in [0.1, 0.15) is 10.4 Å². The molecule has 0 fully saturated rings. The van der Waals surface area contributed by atoms with Crippen LogP contribution in [0.5, 0.6) is 0 Å². The summed E-state index contributed by atoms with van der Waals surface area (Å²) in [6.07, 6.45) is 2.87. The number of rotatable bonds is 6. The molecule has 0 atom stereocenters. The summed E-state index contributed by atoms with van der Waals surface area (Å²) in [6, 6.07) is 5.02. The van der Waals surface area contributed by atoms with Crippen LogP contribution in [0, 0.1) is 0 Å². The summed E-state index contributed by atoms with van der Waals surface area (Å²) in [5.41, 5.74) is 1.03. The zero-order chi connectivity index (χ0) is 15.9. The highest BCUT2D eigenvalue weighted by Gasteiger charge is 2.07. The Hall–Kier alpha value is -1.89. The van der Waals surface area contributed by atoms with Gasteiger partial charge in [-0.3, -0.25) is 4.79 Å². The van der Waals surface area contributed by atoms with Gasteiger partial charge in [-0.1, -0.05) is 23.2 Å². The fraction of sp³-hybridized carbons (Fsp3) is 0.214. The van der Waals surface area contributed by atoms with Gasteiger partial charge in [0.15, 0.2) is 0 Å². The van der Waals surface area contributed by atoms with Crippen molar-refractivity contribution in [3.8, 4) is 0 Å². The van der Waals surface area contributed by atoms with E-state index in [1.165, 1.54) is 12.4 Å². The van der Waals surface area contributed by atoms with E-state index in [-0.39, 0.29) is 5.91 Å². The quantitative estimate of drug-likeness (QED) is 0.790. The Morgan fingerprint density at radius 1 is 1.18 bits per heavy atom. The molecule has 0 radical (unpaired) electrons. The predicted octanol–water partition coefficient (Wildman–Crippen LogP) is 2.90. The molecule has 8 heteroatoms. The largest absolute Gasteiger partial charge is 0.383 e. The van der Waals surface area contributed by atoms with Crippen LogP contribution in [0.25, 0.3) is 0 Å². The number of methoxy groups -OCH3 is 1. The van der Waals surface area contributed by atoms with E-state index in [1.807, 2.05) is 0 Å². The zero-order valence-corrected chi connectivity index (χ0v) is 13.3. The zero-order valence-electron chi connectivity index (χ0n) is 11.8. The lowest BCUT2D eigenvalue weighted by atomic mass is 10.3. The number of benzene rings is 1. The van der Waals surface area contributed by atoms with Gasteiger partial charge in [-0.15, -0.1) is 0 Å². The smallest absolute Gasteiger partial charge is 0.254 e. The molecule has 0 aliphatic heterocycles. The number of hydrogen-bond acceptors (Lipinski definition) is 5. The van der Waals surface area contributed by atoms with Crippen LogP contribution in [0.15, 0.2) is 30.6 Å². The number of halogens is 2. The minimum atomic E-state index is -0.255. The van der Waals surface area contributed by atoms with Gasteiger partial charge in [0.1, 0.15) is 0 Å². The number of carbonyl (C=O) groups excluding carboxylic acids is 1. The van der Waals surface area contributed by atoms with Gasteiger partial charge in [0.25, 0.3) is 5.91 Å². The monoisotopic (exact) mass is 340 g/mol. The van der Waals surface area contributed by atoms with Crippen LogP contribution in [-0.2, 0) is 4.74 Å². The number of anilines is 2. The van der Waals surface area contributed by atoms with Crippen molar-refractivity contribution in [3.63, 3.8) is 0 Å². The summed E-state index contributed by atoms with van der Waals surface area (Å²) in [5, 5.41) is 6.65. The van der Waals surface area contributed by atoms with E-state index < -0.39 is 0 Å². The molecule has 0 saturated heterocycles. The molecule has 0 bridgehead atoms. The van der Waals surface area contributed by atoms with E-state index >= 15 is 0 Å². The topological polar surface area (TPSA) is 76.1 Å². The van der Waals surface area contributed by atoms with Gasteiger partial charge < -0.3 is 15.4 Å². The molecule has 2 rings (SSSR count). The van der Waals surface area contributed by atoms with Gasteiger partial charge in [0.2, 0.25) is 5.95 Å². The first-order chi connectivity index (χ1) is 10.6. The van der Waals surface area contributed by atoms with Crippen molar-refractivity contribution in [1.29, 1.82) is 0 Å². The number of nitrogens with one attached hydrogen (secondary N) is 2. The van der Waals surface area contributed by atoms with Crippen molar-refractivity contribution in [2.45, 2.75) is 0 Å². The molecule has 116 valence electrons. The summed E-state index contributed by atoms with van der Waals surface area (Å²) >= 11 is 11.8. The summed E-state index contributed by atoms with van der Waals surface area (Å²) in [6.45, 7) is 0.873. The third-order valence-corrected chi connectivity index (χ3v) is 3.06. The number of nitrogens with zero attached hydrogens (tertiary/aromatic N) is 2. The van der Waals surface area contributed by atoms with Gasteiger partial charge in [-0.2, -0.15) is 0 Å². The molecule has 0 saturated carbocycles. The fourth-order valence-electron chi connectivity index (χ4n) is 1.63. The molecule has 6 nitrogen and oxygen atoms in total. The highest BCUT2D eigenvalue weighted by Crippen LogP contribution is 2.23. The summed E-state index contributed by atoms with van der Waals surface area (Å²) in [5.74, 6) is 0.0844. The van der Waals surface area contributed by atoms with Crippen molar-refractivity contribution in [2.24, 2.45) is 0 Å². The maximum atomic E-state index is 11.8. The average molecular weight is 341 g/mol. The molecule has 1 aromatic carbocycles. The Kier molecular flexibility index (Phi) is 5.94. The molecule has 0 unspecified atom stereocenters. The lowest BCUT2D eigenvalue weighted by Gasteiger charge is -2.07. The number of amides is 1. The van der Waals surface area contributed by atoms with Crippen LogP contribution in [0.4, 0.5) is 11.6 Å². The van der Waals surface area contributed by atoms with E-state index in [1.54, 1.807) is 25.3 Å². The van der Waals surface area contributed by atoms with Crippen molar-refractivity contribution in [1.82, 2.24) is 15.3 Å². The molecule has 0 aliphatic carbocycles. The Bertz CT molecular complexity index is 630. The second-order valence-corrected chi connectivity index (χ2v) is 5.20. The van der Waals surface area contributed by atoms with Gasteiger partial charge in [0, 0.05) is 41.8 Å². The molecule has 0 spiro atoms. The molecule has 0 aliphatic rings. The molecule has 1 heterocycles. The first-order valence-corrected chi connectivity index (χ1v) is 7.16. The normalized spacial score (nSPS) is 10.3. The van der Waals surface area contributed by atoms with Crippen molar-refractivity contribution in [3.05, 3.63) is 46.2 Å². The second-order valence-electron chi connectivity index (χ2n) is 4.33. The SMILES string of the molecule is COCCNC(=O)c1cnc(Nc2cc(Cl)cc(Cl)c2)nc1. The van der Waals surface area contributed by atoms with E-state index in [4.69, 9.17) is 27.9 Å². The number of ether oxygens (including phenoxy) is 1. The molecule has 2 aromatic rings. The molecule has 1 aromatic heterocycles. The lowest BCUT2D eigenvalue weighted by molar-refractivity contribution is 0.0936. The Morgan fingerprint density at radius 3 is 2.41 bits per heavy atom. The first-order valence-electron chi connectivity index (χ1n) is 6.41. The Morgan fingerprint density at radius 2 is 1.82 bits per heavy atom. The van der Waals surface area contributed by atoms with E-state index in [0.29, 0.717) is 40.4 Å². The van der Waals surface area contributed by atoms with Gasteiger partial charge in [-0.25, -0.2) is 9.97 Å². The maximum Gasteiger partial charge on any atom is 0.254 e. The summed E-state index contributed by atoms with van der Waals surface area (Å²) in [7, 11) is 1.57. The highest BCUT2D eigenvalue weighted by molar-refractivity contribution is 6.35. The van der Waals surface area contributed by atoms with Crippen LogP contribution < -0.4 is 10.6 Å². The Labute approximate surface area is 137 Å². The average Bonchev–Trinajstić information content (AvgIpc) is 2.47. The van der Waals surface area contributed by atoms with Crippen LogP contribution in [0.3, 0.4) is 0 Å². The van der Waals surface area contributed by atoms with E-state index in [0.717, 1.165) is 0 Å². The van der Waals surface area contributed by atoms with Crippen molar-refractivity contribution >= 4 is 40.7 Å². The van der Waals surface area contributed by atoms with E-state index in [2.05, 4.69) is 20.6 Å². The van der Waals surface area contributed by atoms with Crippen molar-refractivity contribution in [2.75, 3.05) is 25.6 Å². The molecule has 1 amide bonds. The van der Waals surface area contributed by atoms with Crippen LogP contribution in [0.2, 0.25) is 10.0 Å². The Balaban J connectivity index is 2.01. The molecule has 22 heavy (non-hydrogen) atoms. The highest BCUT2D eigenvalue weighted by atomic mass is 35.5. The molecular formula is C14H14Cl2N4O2. The second kappa shape index (κ2) is 7.93. The van der Waals surface area contributed by atoms with Gasteiger partial charge in [-0.05, 0) is 18.2 Å². The molecule has 2 N–H and O–H groups in total. The van der Waals surface area contributed by atoms with Crippen LogP contribution in [-0.4, -0.2) is 36.1 Å². The third-order valence-electron chi connectivity index (χ3n) is 2.62.